The van der Waals surface area contributed by atoms with E-state index in [-0.39, 0.29) is 6.04 Å². The number of hydrogen-bond donors (Lipinski definition) is 1. The molecule has 0 saturated heterocycles. The van der Waals surface area contributed by atoms with Gasteiger partial charge in [0, 0.05) is 12.6 Å². The van der Waals surface area contributed by atoms with Gasteiger partial charge in [-0.3, -0.25) is 5.32 Å². The van der Waals surface area contributed by atoms with Crippen molar-refractivity contribution >= 4 is 0 Å². The molecule has 0 spiro atoms. The van der Waals surface area contributed by atoms with Crippen LogP contribution in [0.1, 0.15) is 51.9 Å². The zero-order chi connectivity index (χ0) is 11.6. The van der Waals surface area contributed by atoms with Crippen molar-refractivity contribution in [1.29, 1.82) is 5.26 Å². The number of unbranched alkanes of at least 4 members (excludes halogenated alkanes) is 4. The van der Waals surface area contributed by atoms with Gasteiger partial charge >= 0.3 is 0 Å². The molecular weight excluding hydrogens is 200 g/mol. The molecule has 1 atom stereocenters. The average molecular weight is 224 g/mol. The first-order valence-corrected chi connectivity index (χ1v) is 6.60. The molecule has 1 rings (SSSR count). The van der Waals surface area contributed by atoms with Gasteiger partial charge in [0.15, 0.2) is 0 Å². The van der Waals surface area contributed by atoms with Gasteiger partial charge in [0.05, 0.1) is 12.7 Å². The van der Waals surface area contributed by atoms with E-state index in [0.29, 0.717) is 12.6 Å². The van der Waals surface area contributed by atoms with Crippen molar-refractivity contribution in [2.75, 3.05) is 13.2 Å². The minimum absolute atomic E-state index is 0.108. The molecule has 0 amide bonds. The van der Waals surface area contributed by atoms with Crippen molar-refractivity contribution < 1.29 is 4.74 Å². The van der Waals surface area contributed by atoms with Crippen LogP contribution in [-0.2, 0) is 4.74 Å². The van der Waals surface area contributed by atoms with Crippen LogP contribution in [0.25, 0.3) is 0 Å². The topological polar surface area (TPSA) is 45.0 Å². The van der Waals surface area contributed by atoms with Gasteiger partial charge in [-0.15, -0.1) is 0 Å². The minimum Gasteiger partial charge on any atom is -0.379 e. The molecule has 0 radical (unpaired) electrons. The van der Waals surface area contributed by atoms with E-state index < -0.39 is 0 Å². The number of nitrogens with zero attached hydrogens (tertiary/aromatic N) is 1. The smallest absolute Gasteiger partial charge is 0.119 e. The Morgan fingerprint density at radius 1 is 1.31 bits per heavy atom. The third-order valence-corrected chi connectivity index (χ3v) is 2.85. The predicted octanol–water partition coefficient (Wildman–Crippen LogP) is 2.62. The second-order valence-electron chi connectivity index (χ2n) is 4.61. The highest BCUT2D eigenvalue weighted by Crippen LogP contribution is 2.19. The molecule has 1 aliphatic carbocycles. The summed E-state index contributed by atoms with van der Waals surface area (Å²) in [5, 5.41) is 12.1. The molecule has 3 heteroatoms. The fourth-order valence-corrected chi connectivity index (χ4v) is 1.67. The maximum absolute atomic E-state index is 8.88. The molecule has 0 bridgehead atoms. The highest BCUT2D eigenvalue weighted by molar-refractivity contribution is 4.95. The van der Waals surface area contributed by atoms with Gasteiger partial charge in [-0.1, -0.05) is 32.6 Å². The Morgan fingerprint density at radius 2 is 2.06 bits per heavy atom. The summed E-state index contributed by atoms with van der Waals surface area (Å²) in [5.74, 6) is 0. The van der Waals surface area contributed by atoms with Gasteiger partial charge < -0.3 is 4.74 Å². The Balaban J connectivity index is 1.86. The lowest BCUT2D eigenvalue weighted by Gasteiger charge is -2.11. The van der Waals surface area contributed by atoms with Crippen LogP contribution >= 0.6 is 0 Å². The zero-order valence-corrected chi connectivity index (χ0v) is 10.4. The maximum atomic E-state index is 8.88. The fourth-order valence-electron chi connectivity index (χ4n) is 1.67. The summed E-state index contributed by atoms with van der Waals surface area (Å²) in [7, 11) is 0. The Labute approximate surface area is 99.2 Å². The van der Waals surface area contributed by atoms with E-state index in [2.05, 4.69) is 18.3 Å². The standard InChI is InChI=1S/C13H24N2O/c1-2-3-4-5-6-9-16-11-13(10-14)15-12-7-8-12/h12-13,15H,2-9,11H2,1H3. The number of nitriles is 1. The molecule has 92 valence electrons. The third kappa shape index (κ3) is 6.81. The lowest BCUT2D eigenvalue weighted by Crippen LogP contribution is -2.33. The molecule has 0 aromatic rings. The Morgan fingerprint density at radius 3 is 2.69 bits per heavy atom. The molecule has 16 heavy (non-hydrogen) atoms. The van der Waals surface area contributed by atoms with E-state index in [9.17, 15) is 0 Å². The Bertz CT molecular complexity index is 208. The highest BCUT2D eigenvalue weighted by atomic mass is 16.5. The second kappa shape index (κ2) is 8.55. The first kappa shape index (κ1) is 13.5. The van der Waals surface area contributed by atoms with Crippen LogP contribution in [0.2, 0.25) is 0 Å². The van der Waals surface area contributed by atoms with Gasteiger partial charge in [-0.2, -0.15) is 5.26 Å². The zero-order valence-electron chi connectivity index (χ0n) is 10.4. The van der Waals surface area contributed by atoms with Gasteiger partial charge in [-0.05, 0) is 19.3 Å². The molecule has 1 aliphatic rings. The van der Waals surface area contributed by atoms with E-state index in [1.165, 1.54) is 38.5 Å². The lowest BCUT2D eigenvalue weighted by molar-refractivity contribution is 0.119. The summed E-state index contributed by atoms with van der Waals surface area (Å²) in [6, 6.07) is 2.72. The predicted molar refractivity (Wildman–Crippen MR) is 65.1 cm³/mol. The molecule has 0 aromatic carbocycles. The summed E-state index contributed by atoms with van der Waals surface area (Å²) >= 11 is 0. The van der Waals surface area contributed by atoms with Crippen molar-refractivity contribution in [3.8, 4) is 6.07 Å². The number of hydrogen-bond acceptors (Lipinski definition) is 3. The quantitative estimate of drug-likeness (QED) is 0.580. The van der Waals surface area contributed by atoms with Crippen LogP contribution in [-0.4, -0.2) is 25.3 Å². The highest BCUT2D eigenvalue weighted by Gasteiger charge is 2.24. The third-order valence-electron chi connectivity index (χ3n) is 2.85. The fraction of sp³-hybridized carbons (Fsp3) is 0.923. The van der Waals surface area contributed by atoms with Gasteiger partial charge in [0.1, 0.15) is 6.04 Å². The Kier molecular flexibility index (Phi) is 7.20. The molecule has 1 unspecified atom stereocenters. The normalized spacial score (nSPS) is 17.0. The summed E-state index contributed by atoms with van der Waals surface area (Å²) in [6.07, 6.45) is 8.72. The second-order valence-corrected chi connectivity index (χ2v) is 4.61. The van der Waals surface area contributed by atoms with Crippen molar-refractivity contribution in [2.45, 2.75) is 64.0 Å². The SMILES string of the molecule is CCCCCCCOCC(C#N)NC1CC1. The van der Waals surface area contributed by atoms with Crippen molar-refractivity contribution in [1.82, 2.24) is 5.32 Å². The first-order chi connectivity index (χ1) is 7.86. The van der Waals surface area contributed by atoms with Crippen molar-refractivity contribution in [3.05, 3.63) is 0 Å². The monoisotopic (exact) mass is 224 g/mol. The van der Waals surface area contributed by atoms with E-state index in [0.717, 1.165) is 13.0 Å². The van der Waals surface area contributed by atoms with Crippen molar-refractivity contribution in [2.24, 2.45) is 0 Å². The summed E-state index contributed by atoms with van der Waals surface area (Å²) in [6.45, 7) is 3.56. The molecule has 3 nitrogen and oxygen atoms in total. The first-order valence-electron chi connectivity index (χ1n) is 6.60. The molecule has 0 aromatic heterocycles. The number of rotatable bonds is 10. The van der Waals surface area contributed by atoms with E-state index >= 15 is 0 Å². The summed E-state index contributed by atoms with van der Waals surface area (Å²) < 4.78 is 5.51. The van der Waals surface area contributed by atoms with Gasteiger partial charge in [0.25, 0.3) is 0 Å². The maximum Gasteiger partial charge on any atom is 0.119 e. The number of ether oxygens (including phenoxy) is 1. The van der Waals surface area contributed by atoms with Crippen LogP contribution in [0, 0.1) is 11.3 Å². The van der Waals surface area contributed by atoms with Crippen molar-refractivity contribution in [3.63, 3.8) is 0 Å². The minimum atomic E-state index is -0.108. The summed E-state index contributed by atoms with van der Waals surface area (Å²) in [4.78, 5) is 0. The molecule has 1 fully saturated rings. The molecule has 0 aliphatic heterocycles. The van der Waals surface area contributed by atoms with E-state index in [4.69, 9.17) is 10.00 Å². The number of nitrogens with one attached hydrogen (secondary N) is 1. The van der Waals surface area contributed by atoms with Crippen LogP contribution < -0.4 is 5.32 Å². The van der Waals surface area contributed by atoms with Gasteiger partial charge in [-0.25, -0.2) is 0 Å². The largest absolute Gasteiger partial charge is 0.379 e. The molecular formula is C13H24N2O. The lowest BCUT2D eigenvalue weighted by atomic mass is 10.2. The van der Waals surface area contributed by atoms with E-state index in [1.807, 2.05) is 0 Å². The van der Waals surface area contributed by atoms with E-state index in [1.54, 1.807) is 0 Å². The molecule has 0 heterocycles. The van der Waals surface area contributed by atoms with Gasteiger partial charge in [0.2, 0.25) is 0 Å². The molecule has 1 saturated carbocycles. The molecule has 1 N–H and O–H groups in total. The average Bonchev–Trinajstić information content (AvgIpc) is 3.10. The van der Waals surface area contributed by atoms with Crippen LogP contribution in [0.4, 0.5) is 0 Å². The van der Waals surface area contributed by atoms with Crippen LogP contribution in [0.15, 0.2) is 0 Å². The summed E-state index contributed by atoms with van der Waals surface area (Å²) in [5.41, 5.74) is 0. The van der Waals surface area contributed by atoms with Crippen LogP contribution in [0.3, 0.4) is 0 Å². The van der Waals surface area contributed by atoms with Crippen LogP contribution in [0.5, 0.6) is 0 Å². The Hall–Kier alpha value is -0.590.